The van der Waals surface area contributed by atoms with Crippen molar-refractivity contribution in [3.05, 3.63) is 58.6 Å². The largest absolute Gasteiger partial charge is 0.454 e. The van der Waals surface area contributed by atoms with Gasteiger partial charge in [0.05, 0.1) is 0 Å². The summed E-state index contributed by atoms with van der Waals surface area (Å²) in [6.07, 6.45) is 1.11. The van der Waals surface area contributed by atoms with Crippen molar-refractivity contribution in [3.8, 4) is 11.5 Å². The summed E-state index contributed by atoms with van der Waals surface area (Å²) in [4.78, 5) is 31.9. The number of halogens is 1. The molecule has 0 aromatic heterocycles. The molecule has 0 unspecified atom stereocenters. The highest BCUT2D eigenvalue weighted by atomic mass is 35.5. The fraction of sp³-hybridized carbons (Fsp3) is 0.286. The van der Waals surface area contributed by atoms with Gasteiger partial charge in [-0.25, -0.2) is 0 Å². The molecular formula is C21H18ClN3O4. The van der Waals surface area contributed by atoms with Crippen molar-refractivity contribution < 1.29 is 19.1 Å². The van der Waals surface area contributed by atoms with E-state index in [1.54, 1.807) is 41.3 Å². The predicted molar refractivity (Wildman–Crippen MR) is 107 cm³/mol. The van der Waals surface area contributed by atoms with Crippen LogP contribution in [0.4, 0.5) is 0 Å². The number of carbonyl (C=O) groups excluding carboxylic acids is 2. The van der Waals surface area contributed by atoms with E-state index >= 15 is 0 Å². The van der Waals surface area contributed by atoms with E-state index in [0.717, 1.165) is 0 Å². The van der Waals surface area contributed by atoms with Gasteiger partial charge in [0, 0.05) is 42.1 Å². The average Bonchev–Trinajstić information content (AvgIpc) is 3.32. The summed E-state index contributed by atoms with van der Waals surface area (Å²) in [6.45, 7) is 1.17. The summed E-state index contributed by atoms with van der Waals surface area (Å²) < 4.78 is 10.7. The number of benzene rings is 2. The average molecular weight is 412 g/mol. The minimum atomic E-state index is -0.666. The highest BCUT2D eigenvalue weighted by molar-refractivity contribution is 6.47. The van der Waals surface area contributed by atoms with Crippen LogP contribution in [0.3, 0.4) is 0 Å². The van der Waals surface area contributed by atoms with E-state index in [1.807, 2.05) is 6.07 Å². The third-order valence-electron chi connectivity index (χ3n) is 5.48. The van der Waals surface area contributed by atoms with Gasteiger partial charge in [0.25, 0.3) is 11.8 Å². The van der Waals surface area contributed by atoms with Gasteiger partial charge in [0.15, 0.2) is 11.5 Å². The van der Waals surface area contributed by atoms with E-state index in [1.165, 1.54) is 0 Å². The van der Waals surface area contributed by atoms with Gasteiger partial charge in [0.2, 0.25) is 6.79 Å². The first-order chi connectivity index (χ1) is 14.0. The van der Waals surface area contributed by atoms with Gasteiger partial charge in [-0.05, 0) is 30.3 Å². The van der Waals surface area contributed by atoms with Gasteiger partial charge >= 0.3 is 0 Å². The normalized spacial score (nSPS) is 19.3. The van der Waals surface area contributed by atoms with Crippen molar-refractivity contribution >= 4 is 29.1 Å². The number of piperidine rings is 1. The Morgan fingerprint density at radius 2 is 1.90 bits per heavy atom. The van der Waals surface area contributed by atoms with Crippen LogP contribution in [0.25, 0.3) is 0 Å². The van der Waals surface area contributed by atoms with Crippen LogP contribution < -0.4 is 14.8 Å². The summed E-state index contributed by atoms with van der Waals surface area (Å²) in [5, 5.41) is 3.57. The molecule has 0 radical (unpaired) electrons. The highest BCUT2D eigenvalue weighted by Gasteiger charge is 2.43. The Bertz CT molecular complexity index is 1040. The number of nitrogens with zero attached hydrogens (tertiary/aromatic N) is 2. The Hall–Kier alpha value is -3.06. The number of rotatable bonds is 2. The molecule has 7 nitrogen and oxygen atoms in total. The number of aliphatic imine (C=N–C) groups is 1. The lowest BCUT2D eigenvalue weighted by Crippen LogP contribution is -2.52. The van der Waals surface area contributed by atoms with Crippen LogP contribution >= 0.6 is 11.6 Å². The molecule has 3 aliphatic heterocycles. The first-order valence-electron chi connectivity index (χ1n) is 9.40. The topological polar surface area (TPSA) is 80.2 Å². The summed E-state index contributed by atoms with van der Waals surface area (Å²) in [5.74, 6) is 0.961. The van der Waals surface area contributed by atoms with Crippen LogP contribution in [0, 0.1) is 0 Å². The van der Waals surface area contributed by atoms with E-state index in [2.05, 4.69) is 5.32 Å². The van der Waals surface area contributed by atoms with E-state index in [4.69, 9.17) is 26.1 Å². The van der Waals surface area contributed by atoms with Crippen LogP contribution in [0.15, 0.2) is 47.5 Å². The molecule has 0 atom stereocenters. The van der Waals surface area contributed by atoms with Crippen molar-refractivity contribution in [1.29, 1.82) is 0 Å². The molecule has 2 amide bonds. The number of likely N-dealkylation sites (tertiary alicyclic amines) is 1. The second-order valence-electron chi connectivity index (χ2n) is 7.32. The molecule has 2 aromatic carbocycles. The molecule has 148 valence electrons. The molecule has 1 saturated heterocycles. The SMILES string of the molecule is O=C1NC2(CCN(C(=O)c3ccc4c(c3)OCO4)CC2)N=C1c1cccc(Cl)c1. The van der Waals surface area contributed by atoms with Crippen molar-refractivity contribution in [2.75, 3.05) is 19.9 Å². The van der Waals surface area contributed by atoms with Gasteiger partial charge in [-0.1, -0.05) is 23.7 Å². The standard InChI is InChI=1S/C21H18ClN3O4/c22-15-3-1-2-13(10-15)18-19(26)24-21(23-18)6-8-25(9-7-21)20(27)14-4-5-16-17(11-14)29-12-28-16/h1-5,10-11H,6-9,12H2,(H,24,26). The number of amides is 2. The minimum absolute atomic E-state index is 0.0680. The van der Waals surface area contributed by atoms with Crippen molar-refractivity contribution in [2.45, 2.75) is 18.5 Å². The molecule has 0 aliphatic carbocycles. The zero-order valence-corrected chi connectivity index (χ0v) is 16.2. The summed E-state index contributed by atoms with van der Waals surface area (Å²) in [6, 6.07) is 12.3. The zero-order valence-electron chi connectivity index (χ0n) is 15.5. The number of hydrogen-bond donors (Lipinski definition) is 1. The molecule has 2 aromatic rings. The number of hydrogen-bond acceptors (Lipinski definition) is 5. The molecule has 1 N–H and O–H groups in total. The monoisotopic (exact) mass is 411 g/mol. The van der Waals surface area contributed by atoms with Crippen molar-refractivity contribution in [2.24, 2.45) is 4.99 Å². The Morgan fingerprint density at radius 1 is 1.10 bits per heavy atom. The van der Waals surface area contributed by atoms with Gasteiger partial charge in [-0.2, -0.15) is 0 Å². The molecule has 29 heavy (non-hydrogen) atoms. The van der Waals surface area contributed by atoms with E-state index in [0.29, 0.717) is 59.3 Å². The zero-order chi connectivity index (χ0) is 20.0. The Morgan fingerprint density at radius 3 is 2.69 bits per heavy atom. The van der Waals surface area contributed by atoms with Crippen molar-refractivity contribution in [3.63, 3.8) is 0 Å². The predicted octanol–water partition coefficient (Wildman–Crippen LogP) is 2.62. The molecule has 8 heteroatoms. The van der Waals surface area contributed by atoms with Crippen LogP contribution in [0.2, 0.25) is 5.02 Å². The minimum Gasteiger partial charge on any atom is -0.454 e. The fourth-order valence-corrected chi connectivity index (χ4v) is 4.11. The van der Waals surface area contributed by atoms with Gasteiger partial charge in [0.1, 0.15) is 11.4 Å². The van der Waals surface area contributed by atoms with Gasteiger partial charge in [-0.3, -0.25) is 14.6 Å². The number of nitrogens with one attached hydrogen (secondary N) is 1. The Kier molecular flexibility index (Phi) is 4.20. The van der Waals surface area contributed by atoms with E-state index in [-0.39, 0.29) is 18.6 Å². The van der Waals surface area contributed by atoms with Gasteiger partial charge < -0.3 is 19.7 Å². The first kappa shape index (κ1) is 18.0. The number of carbonyl (C=O) groups is 2. The lowest BCUT2D eigenvalue weighted by molar-refractivity contribution is -0.115. The molecule has 3 heterocycles. The quantitative estimate of drug-likeness (QED) is 0.823. The smallest absolute Gasteiger partial charge is 0.272 e. The summed E-state index contributed by atoms with van der Waals surface area (Å²) in [7, 11) is 0. The summed E-state index contributed by atoms with van der Waals surface area (Å²) in [5.41, 5.74) is 0.984. The maximum Gasteiger partial charge on any atom is 0.272 e. The highest BCUT2D eigenvalue weighted by Crippen LogP contribution is 2.34. The molecular weight excluding hydrogens is 394 g/mol. The van der Waals surface area contributed by atoms with Crippen LogP contribution in [-0.4, -0.2) is 48.0 Å². The fourth-order valence-electron chi connectivity index (χ4n) is 3.92. The van der Waals surface area contributed by atoms with Crippen LogP contribution in [-0.2, 0) is 4.79 Å². The second kappa shape index (κ2) is 6.77. The summed E-state index contributed by atoms with van der Waals surface area (Å²) >= 11 is 6.05. The molecule has 1 fully saturated rings. The third-order valence-corrected chi connectivity index (χ3v) is 5.72. The maximum atomic E-state index is 12.9. The van der Waals surface area contributed by atoms with E-state index < -0.39 is 5.66 Å². The second-order valence-corrected chi connectivity index (χ2v) is 7.75. The molecule has 5 rings (SSSR count). The molecule has 0 bridgehead atoms. The maximum absolute atomic E-state index is 12.9. The van der Waals surface area contributed by atoms with Crippen molar-refractivity contribution in [1.82, 2.24) is 10.2 Å². The number of fused-ring (bicyclic) bond motifs is 1. The van der Waals surface area contributed by atoms with Crippen LogP contribution in [0.1, 0.15) is 28.8 Å². The van der Waals surface area contributed by atoms with E-state index in [9.17, 15) is 9.59 Å². The molecule has 0 saturated carbocycles. The molecule has 1 spiro atoms. The Labute approximate surface area is 172 Å². The van der Waals surface area contributed by atoms with Crippen LogP contribution in [0.5, 0.6) is 11.5 Å². The lowest BCUT2D eigenvalue weighted by atomic mass is 9.97. The molecule has 3 aliphatic rings. The number of ether oxygens (including phenoxy) is 2. The Balaban J connectivity index is 1.31. The van der Waals surface area contributed by atoms with Gasteiger partial charge in [-0.15, -0.1) is 0 Å². The lowest BCUT2D eigenvalue weighted by Gasteiger charge is -2.37. The first-order valence-corrected chi connectivity index (χ1v) is 9.78. The third kappa shape index (κ3) is 3.21.